The van der Waals surface area contributed by atoms with Crippen LogP contribution in [0.1, 0.15) is 31.9 Å². The van der Waals surface area contributed by atoms with Gasteiger partial charge in [-0.05, 0) is 38.5 Å². The molecule has 0 fully saturated rings. The summed E-state index contributed by atoms with van der Waals surface area (Å²) >= 11 is 0. The van der Waals surface area contributed by atoms with Gasteiger partial charge in [-0.25, -0.2) is 14.1 Å². The monoisotopic (exact) mass is 262 g/mol. The minimum atomic E-state index is -0.213. The topological polar surface area (TPSA) is 42.7 Å². The van der Waals surface area contributed by atoms with Gasteiger partial charge in [0.15, 0.2) is 0 Å². The van der Waals surface area contributed by atoms with Crippen LogP contribution in [0.25, 0.3) is 0 Å². The molecule has 0 radical (unpaired) electrons. The predicted molar refractivity (Wildman–Crippen MR) is 72.1 cm³/mol. The van der Waals surface area contributed by atoms with E-state index in [1.807, 2.05) is 6.07 Å². The second-order valence-electron chi connectivity index (χ2n) is 5.62. The predicted octanol–water partition coefficient (Wildman–Crippen LogP) is 2.35. The van der Waals surface area contributed by atoms with E-state index in [0.717, 1.165) is 5.56 Å². The molecule has 0 spiro atoms. The molecule has 2 aromatic rings. The van der Waals surface area contributed by atoms with Crippen molar-refractivity contribution < 1.29 is 4.39 Å². The van der Waals surface area contributed by atoms with Gasteiger partial charge in [0.2, 0.25) is 0 Å². The highest BCUT2D eigenvalue weighted by molar-refractivity contribution is 5.25. The van der Waals surface area contributed by atoms with Crippen molar-refractivity contribution in [2.45, 2.75) is 39.4 Å². The lowest BCUT2D eigenvalue weighted by Gasteiger charge is -2.20. The minimum absolute atomic E-state index is 0.0421. The third-order valence-corrected chi connectivity index (χ3v) is 2.73. The highest BCUT2D eigenvalue weighted by atomic mass is 19.1. The third kappa shape index (κ3) is 4.13. The molecule has 1 heterocycles. The van der Waals surface area contributed by atoms with Crippen LogP contribution < -0.4 is 5.32 Å². The van der Waals surface area contributed by atoms with E-state index in [1.165, 1.54) is 12.4 Å². The third-order valence-electron chi connectivity index (χ3n) is 2.73. The highest BCUT2D eigenvalue weighted by Gasteiger charge is 2.10. The van der Waals surface area contributed by atoms with E-state index in [-0.39, 0.29) is 11.4 Å². The van der Waals surface area contributed by atoms with Gasteiger partial charge in [-0.1, -0.05) is 6.07 Å². The van der Waals surface area contributed by atoms with E-state index in [0.29, 0.717) is 18.7 Å². The molecule has 0 unspecified atom stereocenters. The van der Waals surface area contributed by atoms with E-state index >= 15 is 0 Å². The van der Waals surface area contributed by atoms with Crippen molar-refractivity contribution in [1.29, 1.82) is 0 Å². The number of benzene rings is 1. The summed E-state index contributed by atoms with van der Waals surface area (Å²) in [5.41, 5.74) is 1.73. The quantitative estimate of drug-likeness (QED) is 0.919. The average Bonchev–Trinajstić information content (AvgIpc) is 2.82. The van der Waals surface area contributed by atoms with Crippen LogP contribution in [0.2, 0.25) is 0 Å². The molecule has 2 rings (SSSR count). The maximum atomic E-state index is 13.8. The summed E-state index contributed by atoms with van der Waals surface area (Å²) in [6.45, 7) is 7.43. The lowest BCUT2D eigenvalue weighted by atomic mass is 10.1. The molecule has 0 bridgehead atoms. The summed E-state index contributed by atoms with van der Waals surface area (Å²) in [5.74, 6) is -0.213. The number of aromatic nitrogens is 3. The van der Waals surface area contributed by atoms with E-state index in [9.17, 15) is 4.39 Å². The van der Waals surface area contributed by atoms with Gasteiger partial charge in [0.25, 0.3) is 0 Å². The first-order chi connectivity index (χ1) is 8.94. The van der Waals surface area contributed by atoms with Crippen molar-refractivity contribution in [3.63, 3.8) is 0 Å². The molecule has 1 aromatic carbocycles. The van der Waals surface area contributed by atoms with E-state index < -0.39 is 0 Å². The summed E-state index contributed by atoms with van der Waals surface area (Å²) in [4.78, 5) is 3.86. The zero-order valence-corrected chi connectivity index (χ0v) is 11.5. The summed E-state index contributed by atoms with van der Waals surface area (Å²) in [7, 11) is 0. The average molecular weight is 262 g/mol. The SMILES string of the molecule is CC(C)(C)NCc1ccc(F)c(Cn2cncn2)c1. The lowest BCUT2D eigenvalue weighted by molar-refractivity contribution is 0.424. The zero-order valence-electron chi connectivity index (χ0n) is 11.5. The minimum Gasteiger partial charge on any atom is -0.308 e. The van der Waals surface area contributed by atoms with Gasteiger partial charge in [-0.15, -0.1) is 0 Å². The van der Waals surface area contributed by atoms with E-state index in [1.54, 1.807) is 17.1 Å². The molecule has 19 heavy (non-hydrogen) atoms. The smallest absolute Gasteiger partial charge is 0.137 e. The Bertz CT molecular complexity index is 529. The highest BCUT2D eigenvalue weighted by Crippen LogP contribution is 2.13. The summed E-state index contributed by atoms with van der Waals surface area (Å²) in [6.07, 6.45) is 3.03. The fourth-order valence-electron chi connectivity index (χ4n) is 1.72. The van der Waals surface area contributed by atoms with Gasteiger partial charge < -0.3 is 5.32 Å². The van der Waals surface area contributed by atoms with Crippen molar-refractivity contribution >= 4 is 0 Å². The fraction of sp³-hybridized carbons (Fsp3) is 0.429. The van der Waals surface area contributed by atoms with Crippen LogP contribution in [0, 0.1) is 5.82 Å². The Morgan fingerprint density at radius 3 is 2.74 bits per heavy atom. The van der Waals surface area contributed by atoms with Crippen LogP contribution in [0.15, 0.2) is 30.9 Å². The molecular formula is C14H19FN4. The van der Waals surface area contributed by atoms with Gasteiger partial charge in [0.1, 0.15) is 18.5 Å². The van der Waals surface area contributed by atoms with Gasteiger partial charge >= 0.3 is 0 Å². The fourth-order valence-corrected chi connectivity index (χ4v) is 1.72. The van der Waals surface area contributed by atoms with E-state index in [4.69, 9.17) is 0 Å². The largest absolute Gasteiger partial charge is 0.308 e. The maximum absolute atomic E-state index is 13.8. The van der Waals surface area contributed by atoms with Crippen LogP contribution in [0.3, 0.4) is 0 Å². The van der Waals surface area contributed by atoms with Crippen molar-refractivity contribution in [2.24, 2.45) is 0 Å². The zero-order chi connectivity index (χ0) is 13.9. The second-order valence-corrected chi connectivity index (χ2v) is 5.62. The van der Waals surface area contributed by atoms with Gasteiger partial charge in [-0.3, -0.25) is 0 Å². The summed E-state index contributed by atoms with van der Waals surface area (Å²) in [6, 6.07) is 5.18. The van der Waals surface area contributed by atoms with Crippen molar-refractivity contribution in [2.75, 3.05) is 0 Å². The Kier molecular flexibility index (Phi) is 3.95. The molecule has 4 nitrogen and oxygen atoms in total. The summed E-state index contributed by atoms with van der Waals surface area (Å²) in [5, 5.41) is 7.38. The molecule has 0 aliphatic rings. The first kappa shape index (κ1) is 13.7. The van der Waals surface area contributed by atoms with Crippen LogP contribution >= 0.6 is 0 Å². The maximum Gasteiger partial charge on any atom is 0.137 e. The number of rotatable bonds is 4. The Balaban J connectivity index is 2.11. The number of hydrogen-bond donors (Lipinski definition) is 1. The van der Waals surface area contributed by atoms with Crippen LogP contribution in [0.4, 0.5) is 4.39 Å². The standard InChI is InChI=1S/C14H19FN4/c1-14(2,3)17-7-11-4-5-13(15)12(6-11)8-19-10-16-9-18-19/h4-6,9-10,17H,7-8H2,1-3H3. The molecule has 0 amide bonds. The molecule has 0 saturated heterocycles. The Morgan fingerprint density at radius 1 is 1.32 bits per heavy atom. The van der Waals surface area contributed by atoms with Crippen molar-refractivity contribution in [3.05, 3.63) is 47.8 Å². The van der Waals surface area contributed by atoms with Crippen LogP contribution in [-0.4, -0.2) is 20.3 Å². The van der Waals surface area contributed by atoms with E-state index in [2.05, 4.69) is 36.2 Å². The first-order valence-corrected chi connectivity index (χ1v) is 6.29. The summed E-state index contributed by atoms with van der Waals surface area (Å²) < 4.78 is 15.4. The second kappa shape index (κ2) is 5.48. The molecule has 1 N–H and O–H groups in total. The van der Waals surface area contributed by atoms with Crippen molar-refractivity contribution in [1.82, 2.24) is 20.1 Å². The Hall–Kier alpha value is -1.75. The van der Waals surface area contributed by atoms with Gasteiger partial charge in [0, 0.05) is 17.6 Å². The molecule has 102 valence electrons. The van der Waals surface area contributed by atoms with Gasteiger partial charge in [0.05, 0.1) is 6.54 Å². The molecule has 1 aromatic heterocycles. The lowest BCUT2D eigenvalue weighted by Crippen LogP contribution is -2.35. The van der Waals surface area contributed by atoms with Crippen LogP contribution in [0.5, 0.6) is 0 Å². The number of nitrogens with one attached hydrogen (secondary N) is 1. The molecule has 0 saturated carbocycles. The molecule has 5 heteroatoms. The Labute approximate surface area is 112 Å². The first-order valence-electron chi connectivity index (χ1n) is 6.29. The Morgan fingerprint density at radius 2 is 2.11 bits per heavy atom. The van der Waals surface area contributed by atoms with Crippen molar-refractivity contribution in [3.8, 4) is 0 Å². The molecule has 0 aliphatic carbocycles. The molecular weight excluding hydrogens is 243 g/mol. The molecule has 0 aliphatic heterocycles. The normalized spacial score (nSPS) is 11.8. The number of halogens is 1. The van der Waals surface area contributed by atoms with Crippen LogP contribution in [-0.2, 0) is 13.1 Å². The van der Waals surface area contributed by atoms with Gasteiger partial charge in [-0.2, -0.15) is 5.10 Å². The molecule has 0 atom stereocenters. The number of hydrogen-bond acceptors (Lipinski definition) is 3. The number of nitrogens with zero attached hydrogens (tertiary/aromatic N) is 3.